The van der Waals surface area contributed by atoms with Crippen LogP contribution in [0.1, 0.15) is 79.1 Å². The van der Waals surface area contributed by atoms with Crippen molar-refractivity contribution < 1.29 is 47.9 Å². The van der Waals surface area contributed by atoms with Gasteiger partial charge in [0.25, 0.3) is 0 Å². The van der Waals surface area contributed by atoms with Crippen LogP contribution >= 0.6 is 0 Å². The lowest BCUT2D eigenvalue weighted by atomic mass is 9.74. The first-order chi connectivity index (χ1) is 25.9. The van der Waals surface area contributed by atoms with Crippen LogP contribution in [-0.2, 0) is 38.0 Å². The lowest BCUT2D eigenvalue weighted by molar-refractivity contribution is -0.396. The number of ether oxygens (including phenoxy) is 7. The fraction of sp³-hybridized carbons (Fsp3) is 0.581. The molecule has 290 valence electrons. The van der Waals surface area contributed by atoms with Crippen LogP contribution in [0.25, 0.3) is 0 Å². The number of carbonyl (C=O) groups is 2. The second-order valence-electron chi connectivity index (χ2n) is 15.5. The molecule has 3 aliphatic heterocycles. The van der Waals surface area contributed by atoms with Crippen molar-refractivity contribution in [3.8, 4) is 23.7 Å². The van der Waals surface area contributed by atoms with Crippen molar-refractivity contribution in [2.24, 2.45) is 23.2 Å². The minimum Gasteiger partial charge on any atom is -0.453 e. The molecular formula is C43H53NO10. The minimum absolute atomic E-state index is 0.102. The zero-order valence-electron chi connectivity index (χ0n) is 32.3. The molecule has 11 nitrogen and oxygen atoms in total. The van der Waals surface area contributed by atoms with Gasteiger partial charge in [-0.3, -0.25) is 10.1 Å². The zero-order chi connectivity index (χ0) is 38.6. The topological polar surface area (TPSA) is 131 Å². The molecule has 0 aromatic heterocycles. The van der Waals surface area contributed by atoms with Gasteiger partial charge in [0.05, 0.1) is 38.5 Å². The second kappa shape index (κ2) is 16.9. The number of aliphatic hydroxyl groups is 1. The summed E-state index contributed by atoms with van der Waals surface area (Å²) >= 11 is 0. The van der Waals surface area contributed by atoms with E-state index >= 15 is 0 Å². The van der Waals surface area contributed by atoms with Crippen LogP contribution in [0.4, 0.5) is 4.79 Å². The van der Waals surface area contributed by atoms with Gasteiger partial charge in [-0.25, -0.2) is 4.79 Å². The van der Waals surface area contributed by atoms with E-state index in [9.17, 15) is 14.7 Å². The molecule has 2 aliphatic carbocycles. The largest absolute Gasteiger partial charge is 0.453 e. The SMILES string of the molecule is CC/C=C1\C2=C(NC(=O)OC)C(=O)C[C@@]1(O)C#C/C=C\C#C[C@@H]2OC1OC(C)C2(C)COC(c3ccccc3)OC2C1OC1CC(C)C(CC(C)C)CO1. The summed E-state index contributed by atoms with van der Waals surface area (Å²) in [4.78, 5) is 26.5. The molecular weight excluding hydrogens is 690 g/mol. The number of benzene rings is 1. The molecule has 0 spiro atoms. The van der Waals surface area contributed by atoms with Crippen molar-refractivity contribution in [1.82, 2.24) is 5.32 Å². The van der Waals surface area contributed by atoms with Gasteiger partial charge in [-0.05, 0) is 49.7 Å². The van der Waals surface area contributed by atoms with Gasteiger partial charge in [0, 0.05) is 28.5 Å². The average Bonchev–Trinajstić information content (AvgIpc) is 3.14. The van der Waals surface area contributed by atoms with Crippen molar-refractivity contribution >= 4 is 11.9 Å². The first-order valence-electron chi connectivity index (χ1n) is 19.0. The fourth-order valence-electron chi connectivity index (χ4n) is 7.97. The summed E-state index contributed by atoms with van der Waals surface area (Å²) < 4.78 is 45.0. The molecule has 54 heavy (non-hydrogen) atoms. The number of hydrogen-bond donors (Lipinski definition) is 2. The quantitative estimate of drug-likeness (QED) is 0.295. The Labute approximate surface area is 318 Å². The van der Waals surface area contributed by atoms with Gasteiger partial charge >= 0.3 is 6.09 Å². The molecule has 11 heteroatoms. The molecule has 1 aromatic rings. The summed E-state index contributed by atoms with van der Waals surface area (Å²) in [5, 5.41) is 14.6. The molecule has 5 aliphatic rings. The molecule has 2 bridgehead atoms. The van der Waals surface area contributed by atoms with Crippen molar-refractivity contribution in [2.75, 3.05) is 20.3 Å². The standard InChI is InChI=1S/C43H53NO10/c1-8-16-31-35-33(19-14-9-10-15-20-43(31,47)23-32(45)36(35)44-41(46)48-7)52-40-37(53-34-22-27(4)30(24-49-34)21-26(2)3)38-42(6,28(5)51-40)25-50-39(54-38)29-17-12-11-13-18-29/h9-13,16-18,26-28,30,33-34,37-40,47H,8,21-25H2,1-7H3,(H,44,46)/b10-9-,31-16+/t27?,28?,30?,33-,34?,37?,38?,39?,40?,42?,43-/m0/s1. The number of nitrogens with one attached hydrogen (secondary N) is 1. The Balaban J connectivity index is 1.43. The Morgan fingerprint density at radius 1 is 1.11 bits per heavy atom. The van der Waals surface area contributed by atoms with Crippen molar-refractivity contribution in [2.45, 2.75) is 116 Å². The molecule has 1 aromatic carbocycles. The summed E-state index contributed by atoms with van der Waals surface area (Å²) in [7, 11) is 1.20. The van der Waals surface area contributed by atoms with Crippen LogP contribution in [0.5, 0.6) is 0 Å². The van der Waals surface area contributed by atoms with Crippen molar-refractivity contribution in [3.63, 3.8) is 0 Å². The third-order valence-electron chi connectivity index (χ3n) is 11.1. The first kappa shape index (κ1) is 39.9. The van der Waals surface area contributed by atoms with E-state index in [0.29, 0.717) is 49.4 Å². The number of rotatable bonds is 9. The lowest BCUT2D eigenvalue weighted by Crippen LogP contribution is -2.66. The van der Waals surface area contributed by atoms with Gasteiger partial charge in [-0.1, -0.05) is 94.7 Å². The first-order valence-corrected chi connectivity index (χ1v) is 19.0. The Morgan fingerprint density at radius 3 is 2.57 bits per heavy atom. The molecule has 11 atom stereocenters. The van der Waals surface area contributed by atoms with Gasteiger partial charge in [-0.2, -0.15) is 0 Å². The number of Topliss-reactive ketones (excluding diaryl/α,β-unsaturated/α-hetero) is 1. The Morgan fingerprint density at radius 2 is 1.87 bits per heavy atom. The Bertz CT molecular complexity index is 1760. The molecule has 6 rings (SSSR count). The van der Waals surface area contributed by atoms with Crippen LogP contribution in [-0.4, -0.2) is 79.9 Å². The number of fused-ring (bicyclic) bond motifs is 3. The minimum atomic E-state index is -1.88. The number of ketones is 1. The van der Waals surface area contributed by atoms with E-state index in [1.165, 1.54) is 13.2 Å². The lowest BCUT2D eigenvalue weighted by Gasteiger charge is -2.55. The second-order valence-corrected chi connectivity index (χ2v) is 15.5. The summed E-state index contributed by atoms with van der Waals surface area (Å²) in [6.45, 7) is 13.4. The normalized spacial score (nSPS) is 37.7. The predicted octanol–water partition coefficient (Wildman–Crippen LogP) is 5.89. The number of carbonyl (C=O) groups excluding carboxylic acids is 2. The van der Waals surface area contributed by atoms with Crippen LogP contribution in [0.15, 0.2) is 65.4 Å². The molecule has 0 radical (unpaired) electrons. The highest BCUT2D eigenvalue weighted by Gasteiger charge is 2.59. The number of hydrogen-bond acceptors (Lipinski definition) is 10. The average molecular weight is 744 g/mol. The van der Waals surface area contributed by atoms with Crippen LogP contribution < -0.4 is 5.32 Å². The predicted molar refractivity (Wildman–Crippen MR) is 199 cm³/mol. The van der Waals surface area contributed by atoms with E-state index in [4.69, 9.17) is 33.2 Å². The van der Waals surface area contributed by atoms with E-state index < -0.39 is 72.6 Å². The zero-order valence-corrected chi connectivity index (χ0v) is 32.3. The van der Waals surface area contributed by atoms with E-state index in [1.807, 2.05) is 44.2 Å². The summed E-state index contributed by atoms with van der Waals surface area (Å²) in [5.74, 6) is 12.5. The molecule has 3 saturated heterocycles. The van der Waals surface area contributed by atoms with E-state index in [0.717, 1.165) is 12.0 Å². The summed E-state index contributed by atoms with van der Waals surface area (Å²) in [5.41, 5.74) is -1.32. The number of alkyl carbamates (subject to hydrolysis) is 1. The highest BCUT2D eigenvalue weighted by atomic mass is 16.8. The number of allylic oxidation sites excluding steroid dienone is 4. The molecule has 0 saturated carbocycles. The van der Waals surface area contributed by atoms with Gasteiger partial charge in [0.15, 0.2) is 30.3 Å². The van der Waals surface area contributed by atoms with Crippen molar-refractivity contribution in [3.05, 3.63) is 71.0 Å². The maximum Gasteiger partial charge on any atom is 0.411 e. The van der Waals surface area contributed by atoms with Gasteiger partial charge in [0.2, 0.25) is 0 Å². The highest BCUT2D eigenvalue weighted by molar-refractivity contribution is 6.03. The third kappa shape index (κ3) is 8.39. The number of amides is 1. The molecule has 3 heterocycles. The Kier molecular flexibility index (Phi) is 12.5. The molecule has 9 unspecified atom stereocenters. The molecule has 1 amide bonds. The monoisotopic (exact) mass is 743 g/mol. The van der Waals surface area contributed by atoms with Crippen LogP contribution in [0.2, 0.25) is 0 Å². The van der Waals surface area contributed by atoms with E-state index in [1.54, 1.807) is 12.2 Å². The maximum atomic E-state index is 13.8. The van der Waals surface area contributed by atoms with Gasteiger partial charge < -0.3 is 38.3 Å². The van der Waals surface area contributed by atoms with E-state index in [2.05, 4.69) is 56.7 Å². The summed E-state index contributed by atoms with van der Waals surface area (Å²) in [6.07, 6.45) is 0.257. The fourth-order valence-corrected chi connectivity index (χ4v) is 7.97. The molecule has 2 N–H and O–H groups in total. The van der Waals surface area contributed by atoms with Crippen LogP contribution in [0, 0.1) is 46.9 Å². The Hall–Kier alpha value is -3.78. The number of methoxy groups -OCH3 is 1. The smallest absolute Gasteiger partial charge is 0.411 e. The summed E-state index contributed by atoms with van der Waals surface area (Å²) in [6, 6.07) is 9.72. The van der Waals surface area contributed by atoms with E-state index in [-0.39, 0.29) is 11.3 Å². The third-order valence-corrected chi connectivity index (χ3v) is 11.1. The van der Waals surface area contributed by atoms with Gasteiger partial charge in [-0.15, -0.1) is 0 Å². The van der Waals surface area contributed by atoms with Gasteiger partial charge in [0.1, 0.15) is 18.3 Å². The van der Waals surface area contributed by atoms with Crippen molar-refractivity contribution in [1.29, 1.82) is 0 Å². The van der Waals surface area contributed by atoms with Crippen LogP contribution in [0.3, 0.4) is 0 Å². The maximum absolute atomic E-state index is 13.8. The highest BCUT2D eigenvalue weighted by Crippen LogP contribution is 2.48. The molecule has 3 fully saturated rings.